The zero-order chi connectivity index (χ0) is 24.5. The minimum atomic E-state index is -0.230. The van der Waals surface area contributed by atoms with Crippen LogP contribution in [-0.2, 0) is 24.2 Å². The first-order chi connectivity index (χ1) is 16.9. The van der Waals surface area contributed by atoms with Gasteiger partial charge in [-0.2, -0.15) is 0 Å². The Morgan fingerprint density at radius 1 is 1.20 bits per heavy atom. The van der Waals surface area contributed by atoms with Gasteiger partial charge in [0.1, 0.15) is 6.04 Å². The highest BCUT2D eigenvalue weighted by Gasteiger charge is 2.37. The highest BCUT2D eigenvalue weighted by molar-refractivity contribution is 9.10. The molecule has 1 fully saturated rings. The van der Waals surface area contributed by atoms with Gasteiger partial charge in [0.25, 0.3) is 0 Å². The van der Waals surface area contributed by atoms with Crippen LogP contribution in [0.1, 0.15) is 34.1 Å². The van der Waals surface area contributed by atoms with Gasteiger partial charge in [-0.05, 0) is 77.6 Å². The maximum atomic E-state index is 13.2. The number of amides is 1. The average Bonchev–Trinajstić information content (AvgIpc) is 3.18. The minimum absolute atomic E-state index is 0.00853. The number of nitrogens with one attached hydrogen (secondary N) is 1. The SMILES string of the molecule is Cc1cn(CCNC(=O)[C@H]2CN(C3c4ccc(Cl)cc4CCc4cc(Br)cnc43)CCN2C)cn1. The van der Waals surface area contributed by atoms with Crippen LogP contribution in [-0.4, -0.2) is 69.5 Å². The van der Waals surface area contributed by atoms with Crippen LogP contribution in [0.5, 0.6) is 0 Å². The van der Waals surface area contributed by atoms with Gasteiger partial charge in [-0.15, -0.1) is 0 Å². The van der Waals surface area contributed by atoms with Crippen molar-refractivity contribution < 1.29 is 4.79 Å². The van der Waals surface area contributed by atoms with Crippen LogP contribution in [0.3, 0.4) is 0 Å². The number of pyridine rings is 1. The first kappa shape index (κ1) is 24.4. The molecule has 1 unspecified atom stereocenters. The summed E-state index contributed by atoms with van der Waals surface area (Å²) >= 11 is 9.97. The quantitative estimate of drug-likeness (QED) is 0.519. The molecule has 1 aromatic carbocycles. The molecule has 2 aliphatic rings. The molecule has 0 bridgehead atoms. The summed E-state index contributed by atoms with van der Waals surface area (Å²) in [6.07, 6.45) is 7.50. The number of imidazole rings is 1. The van der Waals surface area contributed by atoms with Crippen molar-refractivity contribution >= 4 is 33.4 Å². The molecule has 1 saturated heterocycles. The third-order valence-electron chi connectivity index (χ3n) is 7.07. The van der Waals surface area contributed by atoms with Crippen molar-refractivity contribution in [2.24, 2.45) is 0 Å². The van der Waals surface area contributed by atoms with Crippen molar-refractivity contribution in [1.82, 2.24) is 29.7 Å². The second kappa shape index (κ2) is 10.4. The van der Waals surface area contributed by atoms with Crippen LogP contribution in [0.25, 0.3) is 0 Å². The zero-order valence-electron chi connectivity index (χ0n) is 20.0. The third-order valence-corrected chi connectivity index (χ3v) is 7.74. The number of aromatic nitrogens is 3. The summed E-state index contributed by atoms with van der Waals surface area (Å²) in [6, 6.07) is 8.14. The maximum Gasteiger partial charge on any atom is 0.238 e. The summed E-state index contributed by atoms with van der Waals surface area (Å²) in [5.74, 6) is 0.0583. The van der Waals surface area contributed by atoms with Crippen molar-refractivity contribution in [3.63, 3.8) is 0 Å². The number of nitrogens with zero attached hydrogens (tertiary/aromatic N) is 5. The molecule has 0 saturated carbocycles. The van der Waals surface area contributed by atoms with Crippen molar-refractivity contribution in [1.29, 1.82) is 0 Å². The molecule has 2 aromatic heterocycles. The lowest BCUT2D eigenvalue weighted by Gasteiger charge is -2.42. The fraction of sp³-hybridized carbons (Fsp3) is 0.423. The molecule has 9 heteroatoms. The number of hydrogen-bond acceptors (Lipinski definition) is 5. The largest absolute Gasteiger partial charge is 0.353 e. The van der Waals surface area contributed by atoms with E-state index in [-0.39, 0.29) is 18.0 Å². The predicted molar refractivity (Wildman–Crippen MR) is 141 cm³/mol. The smallest absolute Gasteiger partial charge is 0.238 e. The normalized spacial score (nSPS) is 20.7. The Morgan fingerprint density at radius 3 is 2.83 bits per heavy atom. The van der Waals surface area contributed by atoms with Gasteiger partial charge in [0.05, 0.1) is 23.8 Å². The number of benzene rings is 1. The summed E-state index contributed by atoms with van der Waals surface area (Å²) in [5, 5.41) is 3.89. The van der Waals surface area contributed by atoms with Crippen LogP contribution < -0.4 is 5.32 Å². The number of likely N-dealkylation sites (N-methyl/N-ethyl adjacent to an activating group) is 1. The van der Waals surface area contributed by atoms with Gasteiger partial charge in [0.15, 0.2) is 0 Å². The van der Waals surface area contributed by atoms with Crippen LogP contribution in [0, 0.1) is 6.92 Å². The monoisotopic (exact) mass is 556 g/mol. The molecule has 3 heterocycles. The van der Waals surface area contributed by atoms with Gasteiger partial charge in [-0.3, -0.25) is 19.6 Å². The van der Waals surface area contributed by atoms with Crippen LogP contribution in [0.2, 0.25) is 5.02 Å². The lowest BCUT2D eigenvalue weighted by molar-refractivity contribution is -0.128. The fourth-order valence-corrected chi connectivity index (χ4v) is 5.79. The molecule has 7 nitrogen and oxygen atoms in total. The van der Waals surface area contributed by atoms with Crippen LogP contribution >= 0.6 is 27.5 Å². The van der Waals surface area contributed by atoms with E-state index >= 15 is 0 Å². The molecule has 1 aliphatic heterocycles. The fourth-order valence-electron chi connectivity index (χ4n) is 5.21. The highest BCUT2D eigenvalue weighted by atomic mass is 79.9. The van der Waals surface area contributed by atoms with E-state index in [0.29, 0.717) is 19.6 Å². The summed E-state index contributed by atoms with van der Waals surface area (Å²) in [4.78, 5) is 26.9. The van der Waals surface area contributed by atoms with Crippen LogP contribution in [0.4, 0.5) is 0 Å². The highest BCUT2D eigenvalue weighted by Crippen LogP contribution is 2.38. The Hall–Kier alpha value is -2.26. The number of aryl methyl sites for hydroxylation is 3. The number of halogens is 2. The number of rotatable bonds is 5. The minimum Gasteiger partial charge on any atom is -0.353 e. The summed E-state index contributed by atoms with van der Waals surface area (Å²) in [7, 11) is 2.03. The standard InChI is InChI=1S/C26H30BrClN6O/c1-17-14-33(16-31-17)8-7-29-26(35)23-15-34(10-9-32(23)2)25-22-6-5-21(28)12-18(22)3-4-19-11-20(27)13-30-24(19)25/h5-6,11-14,16,23,25H,3-4,7-10,15H2,1-2H3,(H,29,35)/t23-,25?/m1/s1. The Morgan fingerprint density at radius 2 is 2.03 bits per heavy atom. The van der Waals surface area contributed by atoms with Gasteiger partial charge < -0.3 is 9.88 Å². The van der Waals surface area contributed by atoms with E-state index in [1.165, 1.54) is 16.7 Å². The Kier molecular flexibility index (Phi) is 7.25. The van der Waals surface area contributed by atoms with Crippen LogP contribution in [0.15, 0.2) is 47.5 Å². The molecule has 5 rings (SSSR count). The number of hydrogen-bond donors (Lipinski definition) is 1. The van der Waals surface area contributed by atoms with Crippen molar-refractivity contribution in [2.75, 3.05) is 33.2 Å². The molecule has 35 heavy (non-hydrogen) atoms. The van der Waals surface area contributed by atoms with E-state index in [1.807, 2.05) is 37.0 Å². The second-order valence-corrected chi connectivity index (χ2v) is 10.8. The molecule has 1 N–H and O–H groups in total. The molecule has 2 atom stereocenters. The predicted octanol–water partition coefficient (Wildman–Crippen LogP) is 3.62. The van der Waals surface area contributed by atoms with Gasteiger partial charge in [-0.25, -0.2) is 4.98 Å². The number of carbonyl (C=O) groups excluding carboxylic acids is 1. The van der Waals surface area contributed by atoms with E-state index in [0.717, 1.165) is 46.8 Å². The topological polar surface area (TPSA) is 66.3 Å². The Labute approximate surface area is 219 Å². The summed E-state index contributed by atoms with van der Waals surface area (Å²) < 4.78 is 2.99. The van der Waals surface area contributed by atoms with Crippen molar-refractivity contribution in [3.8, 4) is 0 Å². The molecule has 0 radical (unpaired) electrons. The van der Waals surface area contributed by atoms with E-state index in [4.69, 9.17) is 16.6 Å². The van der Waals surface area contributed by atoms with E-state index in [9.17, 15) is 4.79 Å². The maximum absolute atomic E-state index is 13.2. The number of fused-ring (bicyclic) bond motifs is 2. The Balaban J connectivity index is 1.38. The van der Waals surface area contributed by atoms with Crippen molar-refractivity contribution in [2.45, 2.75) is 38.4 Å². The van der Waals surface area contributed by atoms with E-state index in [2.05, 4.69) is 54.2 Å². The van der Waals surface area contributed by atoms with Crippen molar-refractivity contribution in [3.05, 3.63) is 80.6 Å². The molecule has 184 valence electrons. The number of piperazine rings is 1. The molecular weight excluding hydrogens is 528 g/mol. The zero-order valence-corrected chi connectivity index (χ0v) is 22.4. The first-order valence-corrected chi connectivity index (χ1v) is 13.2. The van der Waals surface area contributed by atoms with Gasteiger partial charge in [0.2, 0.25) is 5.91 Å². The lowest BCUT2D eigenvalue weighted by Crippen LogP contribution is -2.58. The molecule has 1 amide bonds. The molecular formula is C26H30BrClN6O. The summed E-state index contributed by atoms with van der Waals surface area (Å²) in [5.41, 5.74) is 5.79. The van der Waals surface area contributed by atoms with E-state index < -0.39 is 0 Å². The van der Waals surface area contributed by atoms with E-state index in [1.54, 1.807) is 6.33 Å². The second-order valence-electron chi connectivity index (χ2n) is 9.48. The first-order valence-electron chi connectivity index (χ1n) is 12.0. The Bertz CT molecular complexity index is 1180. The van der Waals surface area contributed by atoms with Gasteiger partial charge in [0, 0.05) is 54.6 Å². The molecule has 1 aliphatic carbocycles. The average molecular weight is 558 g/mol. The van der Waals surface area contributed by atoms with Gasteiger partial charge in [-0.1, -0.05) is 17.7 Å². The molecule has 0 spiro atoms. The van der Waals surface area contributed by atoms with Gasteiger partial charge >= 0.3 is 0 Å². The lowest BCUT2D eigenvalue weighted by atomic mass is 9.95. The third kappa shape index (κ3) is 5.31. The number of carbonyl (C=O) groups is 1. The summed E-state index contributed by atoms with van der Waals surface area (Å²) in [6.45, 7) is 5.54. The molecule has 3 aromatic rings.